The number of piperazine rings is 1. The van der Waals surface area contributed by atoms with Gasteiger partial charge in [-0.2, -0.15) is 0 Å². The molecule has 0 spiro atoms. The lowest BCUT2D eigenvalue weighted by molar-refractivity contribution is -0.139. The zero-order valence-electron chi connectivity index (χ0n) is 16.1. The van der Waals surface area contributed by atoms with E-state index in [0.717, 1.165) is 31.6 Å². The Bertz CT molecular complexity index is 870. The quantitative estimate of drug-likeness (QED) is 0.821. The Morgan fingerprint density at radius 1 is 1.14 bits per heavy atom. The van der Waals surface area contributed by atoms with Gasteiger partial charge in [0.15, 0.2) is 11.9 Å². The van der Waals surface area contributed by atoms with Gasteiger partial charge in [-0.05, 0) is 36.1 Å². The number of carbonyl (C=O) groups excluding carboxylic acids is 1. The predicted octanol–water partition coefficient (Wildman–Crippen LogP) is 2.79. The van der Waals surface area contributed by atoms with Gasteiger partial charge in [-0.15, -0.1) is 0 Å². The highest BCUT2D eigenvalue weighted by Gasteiger charge is 2.39. The number of nitrogens with zero attached hydrogens (tertiary/aromatic N) is 3. The van der Waals surface area contributed by atoms with Crippen LogP contribution in [-0.2, 0) is 11.3 Å². The molecule has 6 nitrogen and oxygen atoms in total. The molecule has 146 valence electrons. The zero-order chi connectivity index (χ0) is 19.1. The molecular weight excluding hydrogens is 354 g/mol. The van der Waals surface area contributed by atoms with E-state index in [2.05, 4.69) is 39.0 Å². The minimum absolute atomic E-state index is 0.133. The molecule has 6 heteroatoms. The summed E-state index contributed by atoms with van der Waals surface area (Å²) < 4.78 is 11.8. The maximum absolute atomic E-state index is 11.8. The van der Waals surface area contributed by atoms with E-state index < -0.39 is 0 Å². The van der Waals surface area contributed by atoms with E-state index >= 15 is 0 Å². The van der Waals surface area contributed by atoms with Crippen LogP contribution in [0, 0.1) is 0 Å². The predicted molar refractivity (Wildman–Crippen MR) is 104 cm³/mol. The minimum Gasteiger partial charge on any atom is -0.484 e. The zero-order valence-corrected chi connectivity index (χ0v) is 16.1. The summed E-state index contributed by atoms with van der Waals surface area (Å²) in [7, 11) is 0. The van der Waals surface area contributed by atoms with Gasteiger partial charge in [0.25, 0.3) is 5.88 Å². The Hall–Kier alpha value is -2.60. The molecule has 0 N–H and O–H groups in total. The number of benzene rings is 1. The molecule has 4 aliphatic heterocycles. The van der Waals surface area contributed by atoms with Crippen molar-refractivity contribution in [3.05, 3.63) is 53.7 Å². The summed E-state index contributed by atoms with van der Waals surface area (Å²) in [5, 5.41) is 0. The van der Waals surface area contributed by atoms with Gasteiger partial charge in [-0.25, -0.2) is 4.98 Å². The van der Waals surface area contributed by atoms with Crippen LogP contribution >= 0.6 is 0 Å². The summed E-state index contributed by atoms with van der Waals surface area (Å²) in [5.41, 5.74) is 2.39. The van der Waals surface area contributed by atoms with Crippen LogP contribution in [0.15, 0.2) is 42.6 Å². The third kappa shape index (κ3) is 3.22. The summed E-state index contributed by atoms with van der Waals surface area (Å²) >= 11 is 0. The molecule has 0 radical (unpaired) electrons. The lowest BCUT2D eigenvalue weighted by Gasteiger charge is -2.51. The number of rotatable bonds is 3. The Morgan fingerprint density at radius 2 is 1.96 bits per heavy atom. The van der Waals surface area contributed by atoms with Crippen molar-refractivity contribution in [2.45, 2.75) is 44.5 Å². The molecule has 3 fully saturated rings. The molecule has 2 aromatic rings. The van der Waals surface area contributed by atoms with Crippen LogP contribution in [0.5, 0.6) is 11.6 Å². The molecule has 1 aromatic heterocycles. The number of amides is 1. The molecular formula is C22H25N3O3. The highest BCUT2D eigenvalue weighted by Crippen LogP contribution is 2.34. The van der Waals surface area contributed by atoms with E-state index in [4.69, 9.17) is 9.47 Å². The third-order valence-electron chi connectivity index (χ3n) is 6.16. The maximum atomic E-state index is 11.8. The first-order valence-electron chi connectivity index (χ1n) is 10.0. The van der Waals surface area contributed by atoms with E-state index in [-0.39, 0.29) is 12.0 Å². The highest BCUT2D eigenvalue weighted by molar-refractivity contribution is 5.74. The van der Waals surface area contributed by atoms with Gasteiger partial charge in [0, 0.05) is 44.8 Å². The van der Waals surface area contributed by atoms with Crippen molar-refractivity contribution in [2.75, 3.05) is 19.7 Å². The number of pyridine rings is 1. The van der Waals surface area contributed by atoms with Crippen molar-refractivity contribution in [3.8, 4) is 11.6 Å². The normalized spacial score (nSPS) is 26.3. The van der Waals surface area contributed by atoms with Crippen LogP contribution in [-0.4, -0.2) is 52.5 Å². The van der Waals surface area contributed by atoms with Crippen molar-refractivity contribution < 1.29 is 14.3 Å². The number of piperidine rings is 2. The van der Waals surface area contributed by atoms with E-state index in [0.29, 0.717) is 30.3 Å². The number of hydrogen-bond acceptors (Lipinski definition) is 5. The molecule has 3 saturated heterocycles. The lowest BCUT2D eigenvalue weighted by Crippen LogP contribution is -2.63. The van der Waals surface area contributed by atoms with Gasteiger partial charge in [0.1, 0.15) is 6.61 Å². The SMILES string of the molecule is CC(=O)N1CC2CC[C@H]1CN2Cc1ccc(C2COc3cccnc3O2)cc1. The fraction of sp³-hybridized carbons (Fsp3) is 0.455. The van der Waals surface area contributed by atoms with Crippen LogP contribution in [0.4, 0.5) is 0 Å². The minimum atomic E-state index is -0.133. The summed E-state index contributed by atoms with van der Waals surface area (Å²) in [6, 6.07) is 13.2. The average molecular weight is 379 g/mol. The summed E-state index contributed by atoms with van der Waals surface area (Å²) in [4.78, 5) is 20.6. The highest BCUT2D eigenvalue weighted by atomic mass is 16.6. The van der Waals surface area contributed by atoms with Crippen molar-refractivity contribution in [2.24, 2.45) is 0 Å². The number of fused-ring (bicyclic) bond motifs is 4. The third-order valence-corrected chi connectivity index (χ3v) is 6.16. The second-order valence-electron chi connectivity index (χ2n) is 7.95. The summed E-state index contributed by atoms with van der Waals surface area (Å²) in [6.45, 7) is 4.97. The standard InChI is InChI=1S/C22H25N3O3/c1-15(26)25-13-18-8-9-19(25)12-24(18)11-16-4-6-17(7-5-16)21-14-27-20-3-2-10-23-22(20)28-21/h2-7,10,18-19,21H,8-9,11-14H2,1H3/t18?,19-,21?/m0/s1. The molecule has 3 atom stereocenters. The van der Waals surface area contributed by atoms with Crippen LogP contribution in [0.2, 0.25) is 0 Å². The van der Waals surface area contributed by atoms with E-state index in [1.807, 2.05) is 12.1 Å². The smallest absolute Gasteiger partial charge is 0.257 e. The van der Waals surface area contributed by atoms with Gasteiger partial charge in [-0.3, -0.25) is 9.69 Å². The van der Waals surface area contributed by atoms with Crippen molar-refractivity contribution in [3.63, 3.8) is 0 Å². The maximum Gasteiger partial charge on any atom is 0.257 e. The van der Waals surface area contributed by atoms with Crippen LogP contribution in [0.25, 0.3) is 0 Å². The van der Waals surface area contributed by atoms with Crippen LogP contribution in [0.1, 0.15) is 37.0 Å². The van der Waals surface area contributed by atoms with Crippen molar-refractivity contribution in [1.82, 2.24) is 14.8 Å². The molecule has 1 amide bonds. The van der Waals surface area contributed by atoms with E-state index in [9.17, 15) is 4.79 Å². The Morgan fingerprint density at radius 3 is 2.71 bits per heavy atom. The second kappa shape index (κ2) is 7.09. The Kier molecular flexibility index (Phi) is 4.43. The van der Waals surface area contributed by atoms with Crippen LogP contribution in [0.3, 0.4) is 0 Å². The van der Waals surface area contributed by atoms with Gasteiger partial charge in [0.05, 0.1) is 0 Å². The van der Waals surface area contributed by atoms with E-state index in [1.165, 1.54) is 12.0 Å². The van der Waals surface area contributed by atoms with Gasteiger partial charge in [-0.1, -0.05) is 24.3 Å². The first-order valence-corrected chi connectivity index (χ1v) is 10.0. The fourth-order valence-electron chi connectivity index (χ4n) is 4.64. The molecule has 2 unspecified atom stereocenters. The Balaban J connectivity index is 1.24. The largest absolute Gasteiger partial charge is 0.484 e. The second-order valence-corrected chi connectivity index (χ2v) is 7.95. The molecule has 5 heterocycles. The van der Waals surface area contributed by atoms with E-state index in [1.54, 1.807) is 13.1 Å². The Labute approximate surface area is 165 Å². The lowest BCUT2D eigenvalue weighted by atomic mass is 9.90. The molecule has 4 aliphatic rings. The molecule has 0 aliphatic carbocycles. The number of carbonyl (C=O) groups is 1. The number of ether oxygens (including phenoxy) is 2. The molecule has 1 aromatic carbocycles. The fourth-order valence-corrected chi connectivity index (χ4v) is 4.64. The number of hydrogen-bond donors (Lipinski definition) is 0. The van der Waals surface area contributed by atoms with Gasteiger partial charge in [0.2, 0.25) is 5.91 Å². The van der Waals surface area contributed by atoms with Crippen molar-refractivity contribution in [1.29, 1.82) is 0 Å². The molecule has 0 saturated carbocycles. The topological polar surface area (TPSA) is 54.9 Å². The summed E-state index contributed by atoms with van der Waals surface area (Å²) in [6.07, 6.45) is 3.90. The van der Waals surface area contributed by atoms with Crippen molar-refractivity contribution >= 4 is 5.91 Å². The average Bonchev–Trinajstić information content (AvgIpc) is 2.74. The molecule has 2 bridgehead atoms. The van der Waals surface area contributed by atoms with Gasteiger partial charge >= 0.3 is 0 Å². The number of aromatic nitrogens is 1. The van der Waals surface area contributed by atoms with Gasteiger partial charge < -0.3 is 14.4 Å². The summed E-state index contributed by atoms with van der Waals surface area (Å²) in [5.74, 6) is 1.47. The molecule has 28 heavy (non-hydrogen) atoms. The van der Waals surface area contributed by atoms with Crippen LogP contribution < -0.4 is 9.47 Å². The molecule has 6 rings (SSSR count). The monoisotopic (exact) mass is 379 g/mol. The first-order chi connectivity index (χ1) is 13.7. The first kappa shape index (κ1) is 17.5.